The van der Waals surface area contributed by atoms with Crippen LogP contribution in [0.25, 0.3) is 10.9 Å². The van der Waals surface area contributed by atoms with Crippen LogP contribution >= 0.6 is 11.8 Å². The van der Waals surface area contributed by atoms with Gasteiger partial charge in [-0.15, -0.1) is 0 Å². The van der Waals surface area contributed by atoms with Gasteiger partial charge >= 0.3 is 0 Å². The van der Waals surface area contributed by atoms with E-state index in [-0.39, 0.29) is 16.4 Å². The lowest BCUT2D eigenvalue weighted by atomic mass is 10.1. The first kappa shape index (κ1) is 16.6. The van der Waals surface area contributed by atoms with Crippen molar-refractivity contribution in [2.24, 2.45) is 0 Å². The number of fused-ring (bicyclic) bond motifs is 1. The molecule has 1 saturated heterocycles. The smallest absolute Gasteiger partial charge is 0.286 e. The van der Waals surface area contributed by atoms with Gasteiger partial charge in [0.2, 0.25) is 5.91 Å². The molecule has 1 aliphatic heterocycles. The SMILES string of the molecule is O=C1NC(=O)C(Cc2cnc3cc(COc4ccccc4)ccc3c2)S1. The Hall–Kier alpha value is -2.86. The Bertz CT molecular complexity index is 975. The van der Waals surface area contributed by atoms with E-state index in [4.69, 9.17) is 4.74 Å². The van der Waals surface area contributed by atoms with Crippen LogP contribution in [0.2, 0.25) is 0 Å². The molecule has 1 aliphatic rings. The molecule has 130 valence electrons. The van der Waals surface area contributed by atoms with Gasteiger partial charge in [0, 0.05) is 11.6 Å². The summed E-state index contributed by atoms with van der Waals surface area (Å²) in [4.78, 5) is 27.5. The molecule has 0 saturated carbocycles. The quantitative estimate of drug-likeness (QED) is 0.747. The van der Waals surface area contributed by atoms with Crippen molar-refractivity contribution in [1.82, 2.24) is 10.3 Å². The Morgan fingerprint density at radius 2 is 1.88 bits per heavy atom. The number of carbonyl (C=O) groups is 2. The highest BCUT2D eigenvalue weighted by Crippen LogP contribution is 2.24. The maximum Gasteiger partial charge on any atom is 0.286 e. The molecule has 0 radical (unpaired) electrons. The summed E-state index contributed by atoms with van der Waals surface area (Å²) in [5, 5.41) is 2.66. The number of aromatic nitrogens is 1. The average Bonchev–Trinajstić information content (AvgIpc) is 2.97. The second kappa shape index (κ2) is 7.17. The molecule has 4 rings (SSSR count). The van der Waals surface area contributed by atoms with Gasteiger partial charge in [-0.05, 0) is 41.8 Å². The van der Waals surface area contributed by atoms with Crippen LogP contribution in [0.15, 0.2) is 60.8 Å². The second-order valence-corrected chi connectivity index (χ2v) is 7.24. The first-order valence-electron chi connectivity index (χ1n) is 8.24. The van der Waals surface area contributed by atoms with Gasteiger partial charge in [0.1, 0.15) is 12.4 Å². The molecule has 1 unspecified atom stereocenters. The number of rotatable bonds is 5. The number of pyridine rings is 1. The van der Waals surface area contributed by atoms with Crippen molar-refractivity contribution < 1.29 is 14.3 Å². The summed E-state index contributed by atoms with van der Waals surface area (Å²) in [6.45, 7) is 0.477. The average molecular weight is 364 g/mol. The molecule has 2 heterocycles. The standard InChI is InChI=1S/C20H16N2O3S/c23-19-18(26-20(24)22-19)10-14-8-15-7-6-13(9-17(15)21-11-14)12-25-16-4-2-1-3-5-16/h1-9,11,18H,10,12H2,(H,22,23,24). The Morgan fingerprint density at radius 1 is 1.04 bits per heavy atom. The summed E-state index contributed by atoms with van der Waals surface area (Å²) in [7, 11) is 0. The number of nitrogens with one attached hydrogen (secondary N) is 1. The van der Waals surface area contributed by atoms with Gasteiger partial charge in [-0.25, -0.2) is 0 Å². The minimum Gasteiger partial charge on any atom is -0.489 e. The van der Waals surface area contributed by atoms with Crippen LogP contribution in [0, 0.1) is 0 Å². The Morgan fingerprint density at radius 3 is 2.65 bits per heavy atom. The van der Waals surface area contributed by atoms with E-state index in [0.29, 0.717) is 13.0 Å². The number of ether oxygens (including phenoxy) is 1. The minimum absolute atomic E-state index is 0.228. The zero-order valence-corrected chi connectivity index (χ0v) is 14.7. The first-order chi connectivity index (χ1) is 12.7. The van der Waals surface area contributed by atoms with Gasteiger partial charge in [-0.2, -0.15) is 0 Å². The number of para-hydroxylation sites is 1. The largest absolute Gasteiger partial charge is 0.489 e. The van der Waals surface area contributed by atoms with Crippen LogP contribution in [-0.4, -0.2) is 21.4 Å². The van der Waals surface area contributed by atoms with Crippen LogP contribution in [0.1, 0.15) is 11.1 Å². The fourth-order valence-corrected chi connectivity index (χ4v) is 3.70. The summed E-state index contributed by atoms with van der Waals surface area (Å²) in [6.07, 6.45) is 2.25. The van der Waals surface area contributed by atoms with Crippen LogP contribution in [0.5, 0.6) is 5.75 Å². The molecular formula is C20H16N2O3S. The second-order valence-electron chi connectivity index (χ2n) is 6.06. The van der Waals surface area contributed by atoms with Gasteiger partial charge < -0.3 is 4.74 Å². The third-order valence-electron chi connectivity index (χ3n) is 4.14. The first-order valence-corrected chi connectivity index (χ1v) is 9.12. The van der Waals surface area contributed by atoms with E-state index in [9.17, 15) is 9.59 Å². The zero-order chi connectivity index (χ0) is 17.9. The van der Waals surface area contributed by atoms with Crippen molar-refractivity contribution in [1.29, 1.82) is 0 Å². The summed E-state index contributed by atoms with van der Waals surface area (Å²) in [5.74, 6) is 0.603. The molecule has 1 aromatic heterocycles. The molecule has 6 heteroatoms. The van der Waals surface area contributed by atoms with E-state index < -0.39 is 0 Å². The van der Waals surface area contributed by atoms with Crippen LogP contribution < -0.4 is 10.1 Å². The van der Waals surface area contributed by atoms with E-state index in [1.807, 2.05) is 54.6 Å². The number of hydrogen-bond acceptors (Lipinski definition) is 5. The highest BCUT2D eigenvalue weighted by Gasteiger charge is 2.31. The predicted molar refractivity (Wildman–Crippen MR) is 101 cm³/mol. The molecule has 26 heavy (non-hydrogen) atoms. The molecule has 0 aliphatic carbocycles. The topological polar surface area (TPSA) is 68.3 Å². The molecule has 1 atom stereocenters. The van der Waals surface area contributed by atoms with E-state index in [0.717, 1.165) is 39.5 Å². The van der Waals surface area contributed by atoms with Crippen LogP contribution in [0.4, 0.5) is 4.79 Å². The Balaban J connectivity index is 1.47. The van der Waals surface area contributed by atoms with Crippen molar-refractivity contribution in [3.8, 4) is 5.75 Å². The number of carbonyl (C=O) groups excluding carboxylic acids is 2. The lowest BCUT2D eigenvalue weighted by molar-refractivity contribution is -0.118. The van der Waals surface area contributed by atoms with Crippen molar-refractivity contribution in [3.05, 3.63) is 71.9 Å². The molecule has 1 fully saturated rings. The number of hydrogen-bond donors (Lipinski definition) is 1. The fraction of sp³-hybridized carbons (Fsp3) is 0.150. The molecule has 0 spiro atoms. The van der Waals surface area contributed by atoms with Gasteiger partial charge in [0.05, 0.1) is 10.8 Å². The summed E-state index contributed by atoms with van der Waals surface area (Å²) < 4.78 is 5.77. The van der Waals surface area contributed by atoms with Gasteiger partial charge in [-0.3, -0.25) is 19.9 Å². The van der Waals surface area contributed by atoms with Crippen molar-refractivity contribution in [2.75, 3.05) is 0 Å². The van der Waals surface area contributed by atoms with Gasteiger partial charge in [0.25, 0.3) is 5.24 Å². The molecule has 5 nitrogen and oxygen atoms in total. The summed E-state index contributed by atoms with van der Waals surface area (Å²) in [6, 6.07) is 17.7. The molecule has 2 amide bonds. The van der Waals surface area contributed by atoms with E-state index in [1.54, 1.807) is 6.20 Å². The zero-order valence-electron chi connectivity index (χ0n) is 13.8. The third-order valence-corrected chi connectivity index (χ3v) is 5.12. The van der Waals surface area contributed by atoms with Crippen molar-refractivity contribution in [3.63, 3.8) is 0 Å². The number of imide groups is 1. The summed E-state index contributed by atoms with van der Waals surface area (Å²) >= 11 is 1.04. The summed E-state index contributed by atoms with van der Waals surface area (Å²) in [5.41, 5.74) is 2.86. The van der Waals surface area contributed by atoms with Crippen molar-refractivity contribution in [2.45, 2.75) is 18.3 Å². The van der Waals surface area contributed by atoms with Gasteiger partial charge in [-0.1, -0.05) is 42.1 Å². The monoisotopic (exact) mass is 364 g/mol. The maximum atomic E-state index is 11.7. The Kier molecular flexibility index (Phi) is 4.58. The van der Waals surface area contributed by atoms with Crippen LogP contribution in [-0.2, 0) is 17.8 Å². The molecule has 3 aromatic rings. The Labute approximate surface area is 154 Å². The number of thioether (sulfide) groups is 1. The van der Waals surface area contributed by atoms with E-state index in [1.165, 1.54) is 0 Å². The lowest BCUT2D eigenvalue weighted by Crippen LogP contribution is -2.25. The number of amides is 2. The molecule has 2 aromatic carbocycles. The highest BCUT2D eigenvalue weighted by atomic mass is 32.2. The van der Waals surface area contributed by atoms with E-state index >= 15 is 0 Å². The lowest BCUT2D eigenvalue weighted by Gasteiger charge is -2.09. The van der Waals surface area contributed by atoms with Crippen molar-refractivity contribution >= 4 is 33.8 Å². The highest BCUT2D eigenvalue weighted by molar-refractivity contribution is 8.15. The maximum absolute atomic E-state index is 11.7. The molecule has 0 bridgehead atoms. The number of benzene rings is 2. The van der Waals surface area contributed by atoms with Crippen LogP contribution in [0.3, 0.4) is 0 Å². The van der Waals surface area contributed by atoms with Gasteiger partial charge in [0.15, 0.2) is 0 Å². The van der Waals surface area contributed by atoms with E-state index in [2.05, 4.69) is 10.3 Å². The molecular weight excluding hydrogens is 348 g/mol. The normalized spacial score (nSPS) is 16.7. The minimum atomic E-state index is -0.375. The predicted octanol–water partition coefficient (Wildman–Crippen LogP) is 3.71. The molecule has 1 N–H and O–H groups in total. The fourth-order valence-electron chi connectivity index (χ4n) is 2.84. The number of nitrogens with zero attached hydrogens (tertiary/aromatic N) is 1. The third kappa shape index (κ3) is 3.70.